The molecule has 0 aromatic heterocycles. The van der Waals surface area contributed by atoms with Crippen LogP contribution < -0.4 is 10.2 Å². The summed E-state index contributed by atoms with van der Waals surface area (Å²) < 4.78 is 13.7. The van der Waals surface area contributed by atoms with Crippen LogP contribution in [0.15, 0.2) is 42.5 Å². The van der Waals surface area contributed by atoms with Crippen LogP contribution in [0.3, 0.4) is 0 Å². The molecule has 1 aliphatic heterocycles. The molecule has 2 aromatic rings. The molecular weight excluding hydrogens is 339 g/mol. The molecule has 5 heteroatoms. The van der Waals surface area contributed by atoms with Crippen LogP contribution in [0.1, 0.15) is 29.7 Å². The number of carbonyl (C=O) groups is 1. The molecule has 2 aromatic carbocycles. The highest BCUT2D eigenvalue weighted by Gasteiger charge is 2.17. The standard InChI is InChI=1S/C20H20ClFN2O/c1-13(15-4-7-19-16(11-15)9-10-24(19)2)23-20(25)8-5-14-3-6-17(21)12-18(14)22/h3-8,11-13H,9-10H2,1-2H3,(H,23,25)/b8-5+. The number of rotatable bonds is 4. The molecule has 0 spiro atoms. The predicted molar refractivity (Wildman–Crippen MR) is 100 cm³/mol. The molecule has 130 valence electrons. The lowest BCUT2D eigenvalue weighted by molar-refractivity contribution is -0.117. The monoisotopic (exact) mass is 358 g/mol. The highest BCUT2D eigenvalue weighted by molar-refractivity contribution is 6.30. The first-order valence-electron chi connectivity index (χ1n) is 8.21. The second kappa shape index (κ2) is 7.28. The number of likely N-dealkylation sites (N-methyl/N-ethyl adjacent to an activating group) is 1. The zero-order valence-corrected chi connectivity index (χ0v) is 15.0. The maximum atomic E-state index is 13.7. The fourth-order valence-corrected chi connectivity index (χ4v) is 3.16. The summed E-state index contributed by atoms with van der Waals surface area (Å²) in [6.07, 6.45) is 3.81. The summed E-state index contributed by atoms with van der Waals surface area (Å²) in [7, 11) is 2.08. The van der Waals surface area contributed by atoms with Gasteiger partial charge in [-0.3, -0.25) is 4.79 Å². The highest BCUT2D eigenvalue weighted by Crippen LogP contribution is 2.29. The number of benzene rings is 2. The van der Waals surface area contributed by atoms with Gasteiger partial charge in [-0.25, -0.2) is 4.39 Å². The number of anilines is 1. The van der Waals surface area contributed by atoms with E-state index in [1.54, 1.807) is 12.1 Å². The van der Waals surface area contributed by atoms with E-state index >= 15 is 0 Å². The average molecular weight is 359 g/mol. The summed E-state index contributed by atoms with van der Waals surface area (Å²) in [4.78, 5) is 14.3. The summed E-state index contributed by atoms with van der Waals surface area (Å²) in [5.74, 6) is -0.716. The quantitative estimate of drug-likeness (QED) is 0.823. The number of hydrogen-bond acceptors (Lipinski definition) is 2. The molecule has 0 radical (unpaired) electrons. The Morgan fingerprint density at radius 3 is 2.88 bits per heavy atom. The van der Waals surface area contributed by atoms with Gasteiger partial charge in [-0.2, -0.15) is 0 Å². The molecular formula is C20H20ClFN2O. The molecule has 0 aliphatic carbocycles. The van der Waals surface area contributed by atoms with Crippen molar-refractivity contribution in [1.29, 1.82) is 0 Å². The van der Waals surface area contributed by atoms with Gasteiger partial charge in [0, 0.05) is 35.9 Å². The first-order chi connectivity index (χ1) is 11.9. The Morgan fingerprint density at radius 2 is 2.12 bits per heavy atom. The molecule has 0 bridgehead atoms. The van der Waals surface area contributed by atoms with Crippen molar-refractivity contribution in [3.05, 3.63) is 70.0 Å². The smallest absolute Gasteiger partial charge is 0.244 e. The Labute approximate surface area is 152 Å². The summed E-state index contributed by atoms with van der Waals surface area (Å²) in [5.41, 5.74) is 3.95. The summed E-state index contributed by atoms with van der Waals surface area (Å²) in [6, 6.07) is 10.5. The SMILES string of the molecule is CC(NC(=O)/C=C/c1ccc(Cl)cc1F)c1ccc2c(c1)CCN2C. The molecule has 1 N–H and O–H groups in total. The van der Waals surface area contributed by atoms with Gasteiger partial charge in [0.25, 0.3) is 0 Å². The van der Waals surface area contributed by atoms with Crippen LogP contribution in [-0.4, -0.2) is 19.5 Å². The van der Waals surface area contributed by atoms with Gasteiger partial charge in [0.1, 0.15) is 5.82 Å². The lowest BCUT2D eigenvalue weighted by Gasteiger charge is -2.16. The first-order valence-corrected chi connectivity index (χ1v) is 8.59. The van der Waals surface area contributed by atoms with Crippen molar-refractivity contribution >= 4 is 29.3 Å². The molecule has 0 saturated heterocycles. The van der Waals surface area contributed by atoms with E-state index in [0.717, 1.165) is 18.5 Å². The van der Waals surface area contributed by atoms with Crippen LogP contribution in [0.25, 0.3) is 6.08 Å². The zero-order valence-electron chi connectivity index (χ0n) is 14.2. The van der Waals surface area contributed by atoms with Crippen molar-refractivity contribution < 1.29 is 9.18 Å². The molecule has 1 aliphatic rings. The molecule has 1 atom stereocenters. The van der Waals surface area contributed by atoms with Crippen molar-refractivity contribution in [2.24, 2.45) is 0 Å². The largest absolute Gasteiger partial charge is 0.374 e. The van der Waals surface area contributed by atoms with E-state index in [9.17, 15) is 9.18 Å². The fraction of sp³-hybridized carbons (Fsp3) is 0.250. The molecule has 3 nitrogen and oxygen atoms in total. The van der Waals surface area contributed by atoms with Gasteiger partial charge < -0.3 is 10.2 Å². The Hall–Kier alpha value is -2.33. The van der Waals surface area contributed by atoms with Gasteiger partial charge in [0.05, 0.1) is 6.04 Å². The number of fused-ring (bicyclic) bond motifs is 1. The molecule has 0 saturated carbocycles. The van der Waals surface area contributed by atoms with Crippen LogP contribution in [0.2, 0.25) is 5.02 Å². The minimum absolute atomic E-state index is 0.122. The Bertz CT molecular complexity index is 834. The van der Waals surface area contributed by atoms with E-state index in [-0.39, 0.29) is 11.9 Å². The molecule has 25 heavy (non-hydrogen) atoms. The number of hydrogen-bond donors (Lipinski definition) is 1. The van der Waals surface area contributed by atoms with Crippen LogP contribution in [0.4, 0.5) is 10.1 Å². The lowest BCUT2D eigenvalue weighted by Crippen LogP contribution is -2.24. The fourth-order valence-electron chi connectivity index (χ4n) is 3.00. The van der Waals surface area contributed by atoms with Gasteiger partial charge in [0.2, 0.25) is 5.91 Å². The van der Waals surface area contributed by atoms with E-state index in [2.05, 4.69) is 29.4 Å². The molecule has 1 unspecified atom stereocenters. The topological polar surface area (TPSA) is 32.3 Å². The molecule has 1 amide bonds. The van der Waals surface area contributed by atoms with Crippen LogP contribution in [0.5, 0.6) is 0 Å². The van der Waals surface area contributed by atoms with Gasteiger partial charge in [-0.05, 0) is 48.7 Å². The first kappa shape index (κ1) is 17.5. The predicted octanol–water partition coefficient (Wildman–Crippen LogP) is 4.36. The zero-order chi connectivity index (χ0) is 18.0. The van der Waals surface area contributed by atoms with Crippen molar-refractivity contribution in [3.63, 3.8) is 0 Å². The third-order valence-electron chi connectivity index (χ3n) is 4.47. The van der Waals surface area contributed by atoms with E-state index < -0.39 is 5.82 Å². The highest BCUT2D eigenvalue weighted by atomic mass is 35.5. The van der Waals surface area contributed by atoms with E-state index in [1.165, 1.54) is 29.5 Å². The van der Waals surface area contributed by atoms with Crippen molar-refractivity contribution in [2.45, 2.75) is 19.4 Å². The van der Waals surface area contributed by atoms with Crippen molar-refractivity contribution in [1.82, 2.24) is 5.32 Å². The van der Waals surface area contributed by atoms with Gasteiger partial charge >= 0.3 is 0 Å². The third kappa shape index (κ3) is 4.02. The number of carbonyl (C=O) groups excluding carboxylic acids is 1. The van der Waals surface area contributed by atoms with E-state index in [4.69, 9.17) is 11.6 Å². The maximum Gasteiger partial charge on any atom is 0.244 e. The van der Waals surface area contributed by atoms with Crippen LogP contribution in [0, 0.1) is 5.82 Å². The maximum absolute atomic E-state index is 13.7. The minimum Gasteiger partial charge on any atom is -0.374 e. The third-order valence-corrected chi connectivity index (χ3v) is 4.70. The second-order valence-corrected chi connectivity index (χ2v) is 6.73. The molecule has 1 heterocycles. The van der Waals surface area contributed by atoms with Gasteiger partial charge in [-0.15, -0.1) is 0 Å². The van der Waals surface area contributed by atoms with Crippen LogP contribution >= 0.6 is 11.6 Å². The Kier molecular flexibility index (Phi) is 5.09. The number of amides is 1. The van der Waals surface area contributed by atoms with Crippen molar-refractivity contribution in [3.8, 4) is 0 Å². The normalized spacial score (nSPS) is 14.6. The number of nitrogens with zero attached hydrogens (tertiary/aromatic N) is 1. The number of nitrogens with one attached hydrogen (secondary N) is 1. The Morgan fingerprint density at radius 1 is 1.32 bits per heavy atom. The second-order valence-electron chi connectivity index (χ2n) is 6.29. The Balaban J connectivity index is 1.65. The average Bonchev–Trinajstić information content (AvgIpc) is 2.94. The van der Waals surface area contributed by atoms with E-state index in [0.29, 0.717) is 10.6 Å². The van der Waals surface area contributed by atoms with E-state index in [1.807, 2.05) is 13.0 Å². The summed E-state index contributed by atoms with van der Waals surface area (Å²) in [6.45, 7) is 2.96. The van der Waals surface area contributed by atoms with Crippen molar-refractivity contribution in [2.75, 3.05) is 18.5 Å². The number of halogens is 2. The van der Waals surface area contributed by atoms with Gasteiger partial charge in [0.15, 0.2) is 0 Å². The minimum atomic E-state index is -0.452. The van der Waals surface area contributed by atoms with Crippen LogP contribution in [-0.2, 0) is 11.2 Å². The van der Waals surface area contributed by atoms with Gasteiger partial charge in [-0.1, -0.05) is 29.8 Å². The summed E-state index contributed by atoms with van der Waals surface area (Å²) in [5, 5.41) is 3.24. The summed E-state index contributed by atoms with van der Waals surface area (Å²) >= 11 is 5.72. The molecule has 0 fully saturated rings. The lowest BCUT2D eigenvalue weighted by atomic mass is 10.0. The molecule has 3 rings (SSSR count).